The number of nitrogens with one attached hydrogen (secondary N) is 1. The maximum atomic E-state index is 12.5. The van der Waals surface area contributed by atoms with E-state index in [0.717, 1.165) is 30.7 Å². The highest BCUT2D eigenvalue weighted by atomic mass is 16.6. The zero-order valence-corrected chi connectivity index (χ0v) is 14.6. The first-order chi connectivity index (χ1) is 11.2. The van der Waals surface area contributed by atoms with Crippen molar-refractivity contribution in [1.82, 2.24) is 19.5 Å². The second kappa shape index (κ2) is 5.96. The quantitative estimate of drug-likeness (QED) is 0.871. The average molecular weight is 332 g/mol. The summed E-state index contributed by atoms with van der Waals surface area (Å²) >= 11 is 0. The number of aromatic amines is 1. The number of rotatable bonds is 1. The van der Waals surface area contributed by atoms with Crippen molar-refractivity contribution >= 4 is 11.7 Å². The van der Waals surface area contributed by atoms with E-state index in [1.807, 2.05) is 33.8 Å². The predicted octanol–water partition coefficient (Wildman–Crippen LogP) is 2.79. The van der Waals surface area contributed by atoms with E-state index >= 15 is 0 Å². The van der Waals surface area contributed by atoms with E-state index in [-0.39, 0.29) is 17.7 Å². The molecule has 1 N–H and O–H groups in total. The average Bonchev–Trinajstić information content (AvgIpc) is 2.89. The van der Waals surface area contributed by atoms with Gasteiger partial charge in [0.1, 0.15) is 11.2 Å². The Balaban J connectivity index is 1.95. The summed E-state index contributed by atoms with van der Waals surface area (Å²) in [6.07, 6.45) is 2.45. The first-order valence-corrected chi connectivity index (χ1v) is 8.34. The van der Waals surface area contributed by atoms with Crippen LogP contribution in [-0.2, 0) is 4.74 Å². The first-order valence-electron chi connectivity index (χ1n) is 8.34. The highest BCUT2D eigenvalue weighted by molar-refractivity contribution is 5.69. The third kappa shape index (κ3) is 3.29. The molecule has 3 heterocycles. The normalized spacial score (nSPS) is 18.8. The van der Waals surface area contributed by atoms with E-state index in [9.17, 15) is 9.59 Å². The maximum absolute atomic E-state index is 12.5. The second-order valence-electron chi connectivity index (χ2n) is 7.34. The Hall–Kier alpha value is -2.31. The van der Waals surface area contributed by atoms with Gasteiger partial charge in [0.15, 0.2) is 0 Å². The first kappa shape index (κ1) is 16.5. The molecule has 24 heavy (non-hydrogen) atoms. The van der Waals surface area contributed by atoms with Gasteiger partial charge in [-0.2, -0.15) is 9.61 Å². The van der Waals surface area contributed by atoms with Crippen LogP contribution in [0, 0.1) is 6.92 Å². The smallest absolute Gasteiger partial charge is 0.410 e. The van der Waals surface area contributed by atoms with Crippen LogP contribution >= 0.6 is 0 Å². The Morgan fingerprint density at radius 2 is 2.08 bits per heavy atom. The van der Waals surface area contributed by atoms with E-state index < -0.39 is 5.60 Å². The zero-order valence-electron chi connectivity index (χ0n) is 14.6. The SMILES string of the molecule is Cc1cc(=O)n2nc(C3CCCCN3C(=O)OC(C)(C)C)cc2[nH]1. The fourth-order valence-corrected chi connectivity index (χ4v) is 3.08. The number of H-pyrrole nitrogens is 1. The van der Waals surface area contributed by atoms with Gasteiger partial charge in [-0.1, -0.05) is 0 Å². The molecule has 7 nitrogen and oxygen atoms in total. The van der Waals surface area contributed by atoms with Crippen LogP contribution in [0.4, 0.5) is 4.79 Å². The fourth-order valence-electron chi connectivity index (χ4n) is 3.08. The summed E-state index contributed by atoms with van der Waals surface area (Å²) in [4.78, 5) is 29.5. The fraction of sp³-hybridized carbons (Fsp3) is 0.588. The number of nitrogens with zero attached hydrogens (tertiary/aromatic N) is 3. The monoisotopic (exact) mass is 332 g/mol. The van der Waals surface area contributed by atoms with E-state index in [1.54, 1.807) is 4.90 Å². The van der Waals surface area contributed by atoms with Gasteiger partial charge in [-0.05, 0) is 47.0 Å². The Bertz CT molecular complexity index is 815. The molecule has 1 amide bonds. The van der Waals surface area contributed by atoms with Crippen molar-refractivity contribution in [1.29, 1.82) is 0 Å². The summed E-state index contributed by atoms with van der Waals surface area (Å²) in [5.74, 6) is 0. The molecule has 1 saturated heterocycles. The lowest BCUT2D eigenvalue weighted by molar-refractivity contribution is 0.00897. The molecule has 0 spiro atoms. The lowest BCUT2D eigenvalue weighted by Gasteiger charge is -2.35. The molecule has 1 unspecified atom stereocenters. The lowest BCUT2D eigenvalue weighted by atomic mass is 10.00. The van der Waals surface area contributed by atoms with Crippen molar-refractivity contribution in [3.63, 3.8) is 0 Å². The Morgan fingerprint density at radius 1 is 1.33 bits per heavy atom. The largest absolute Gasteiger partial charge is 0.444 e. The number of hydrogen-bond donors (Lipinski definition) is 1. The minimum absolute atomic E-state index is 0.165. The van der Waals surface area contributed by atoms with Crippen LogP contribution in [0.3, 0.4) is 0 Å². The molecule has 0 aliphatic carbocycles. The summed E-state index contributed by atoms with van der Waals surface area (Å²) in [6, 6.07) is 3.19. The second-order valence-corrected chi connectivity index (χ2v) is 7.34. The number of aryl methyl sites for hydroxylation is 1. The summed E-state index contributed by atoms with van der Waals surface area (Å²) < 4.78 is 6.88. The standard InChI is InChI=1S/C17H24N4O3/c1-11-9-15(22)21-14(18-11)10-12(19-21)13-7-5-6-8-20(13)16(23)24-17(2,3)4/h9-10,13,18H,5-8H2,1-4H3. The van der Waals surface area contributed by atoms with Crippen molar-refractivity contribution < 1.29 is 9.53 Å². The molecule has 0 saturated carbocycles. The number of piperidine rings is 1. The molecule has 1 atom stereocenters. The summed E-state index contributed by atoms with van der Waals surface area (Å²) in [6.45, 7) is 8.05. The van der Waals surface area contributed by atoms with Crippen LogP contribution in [0.15, 0.2) is 16.9 Å². The molecular formula is C17H24N4O3. The van der Waals surface area contributed by atoms with Crippen LogP contribution in [0.2, 0.25) is 0 Å². The number of carbonyl (C=O) groups is 1. The molecule has 7 heteroatoms. The molecule has 1 aliphatic rings. The van der Waals surface area contributed by atoms with E-state index in [1.165, 1.54) is 10.6 Å². The lowest BCUT2D eigenvalue weighted by Crippen LogP contribution is -2.42. The van der Waals surface area contributed by atoms with Crippen molar-refractivity contribution in [3.05, 3.63) is 33.9 Å². The molecule has 1 fully saturated rings. The molecule has 3 rings (SSSR count). The van der Waals surface area contributed by atoms with Crippen molar-refractivity contribution in [2.75, 3.05) is 6.54 Å². The molecule has 2 aromatic rings. The maximum Gasteiger partial charge on any atom is 0.410 e. The van der Waals surface area contributed by atoms with Crippen molar-refractivity contribution in [2.24, 2.45) is 0 Å². The van der Waals surface area contributed by atoms with Gasteiger partial charge in [0.05, 0.1) is 11.7 Å². The molecule has 130 valence electrons. The Labute approximate surface area is 140 Å². The van der Waals surface area contributed by atoms with Gasteiger partial charge in [-0.15, -0.1) is 0 Å². The zero-order chi connectivity index (χ0) is 17.5. The third-order valence-electron chi connectivity index (χ3n) is 4.07. The minimum Gasteiger partial charge on any atom is -0.444 e. The van der Waals surface area contributed by atoms with Gasteiger partial charge in [0.2, 0.25) is 0 Å². The van der Waals surface area contributed by atoms with Crippen molar-refractivity contribution in [3.8, 4) is 0 Å². The minimum atomic E-state index is -0.537. The summed E-state index contributed by atoms with van der Waals surface area (Å²) in [7, 11) is 0. The van der Waals surface area contributed by atoms with E-state index in [0.29, 0.717) is 12.2 Å². The molecule has 0 bridgehead atoms. The number of hydrogen-bond acceptors (Lipinski definition) is 4. The van der Waals surface area contributed by atoms with Gasteiger partial charge >= 0.3 is 6.09 Å². The van der Waals surface area contributed by atoms with Gasteiger partial charge in [-0.25, -0.2) is 4.79 Å². The van der Waals surface area contributed by atoms with Crippen LogP contribution in [0.5, 0.6) is 0 Å². The van der Waals surface area contributed by atoms with Crippen molar-refractivity contribution in [2.45, 2.75) is 58.6 Å². The molecule has 2 aromatic heterocycles. The number of carbonyl (C=O) groups excluding carboxylic acids is 1. The van der Waals surface area contributed by atoms with Gasteiger partial charge in [0.25, 0.3) is 5.56 Å². The molecule has 1 aliphatic heterocycles. The van der Waals surface area contributed by atoms with Gasteiger partial charge in [0, 0.05) is 24.4 Å². The predicted molar refractivity (Wildman–Crippen MR) is 90.1 cm³/mol. The number of likely N-dealkylation sites (tertiary alicyclic amines) is 1. The van der Waals surface area contributed by atoms with E-state index in [2.05, 4.69) is 10.1 Å². The van der Waals surface area contributed by atoms with Crippen LogP contribution < -0.4 is 5.56 Å². The number of fused-ring (bicyclic) bond motifs is 1. The van der Waals surface area contributed by atoms with Crippen LogP contribution in [0.25, 0.3) is 5.65 Å². The Kier molecular flexibility index (Phi) is 4.11. The number of amides is 1. The molecular weight excluding hydrogens is 308 g/mol. The van der Waals surface area contributed by atoms with Crippen LogP contribution in [0.1, 0.15) is 57.5 Å². The molecule has 0 radical (unpaired) electrons. The summed E-state index contributed by atoms with van der Waals surface area (Å²) in [5.41, 5.74) is 1.44. The number of aromatic nitrogens is 3. The van der Waals surface area contributed by atoms with E-state index in [4.69, 9.17) is 4.74 Å². The summed E-state index contributed by atoms with van der Waals surface area (Å²) in [5, 5.41) is 4.43. The highest BCUT2D eigenvalue weighted by Crippen LogP contribution is 2.31. The highest BCUT2D eigenvalue weighted by Gasteiger charge is 2.33. The van der Waals surface area contributed by atoms with Gasteiger partial charge in [-0.3, -0.25) is 9.69 Å². The number of ether oxygens (including phenoxy) is 1. The topological polar surface area (TPSA) is 79.7 Å². The Morgan fingerprint density at radius 3 is 2.79 bits per heavy atom. The van der Waals surface area contributed by atoms with Crippen LogP contribution in [-0.4, -0.2) is 37.7 Å². The van der Waals surface area contributed by atoms with Gasteiger partial charge < -0.3 is 9.72 Å². The molecule has 0 aromatic carbocycles. The third-order valence-corrected chi connectivity index (χ3v) is 4.07.